The van der Waals surface area contributed by atoms with Crippen LogP contribution in [0.25, 0.3) is 0 Å². The Balaban J connectivity index is 0.00000210. The highest BCUT2D eigenvalue weighted by Gasteiger charge is 2.19. The zero-order valence-corrected chi connectivity index (χ0v) is 18.2. The number of unbranched alkanes of at least 4 members (excludes halogenated alkanes) is 1. The van der Waals surface area contributed by atoms with Crippen LogP contribution in [0.2, 0.25) is 0 Å². The van der Waals surface area contributed by atoms with Crippen molar-refractivity contribution in [1.82, 2.24) is 9.97 Å². The third-order valence-corrected chi connectivity index (χ3v) is 4.67. The van der Waals surface area contributed by atoms with Gasteiger partial charge in [0.15, 0.2) is 0 Å². The fourth-order valence-electron chi connectivity index (χ4n) is 3.32. The highest BCUT2D eigenvalue weighted by atomic mass is 35.5. The third-order valence-electron chi connectivity index (χ3n) is 4.67. The van der Waals surface area contributed by atoms with Crippen LogP contribution in [0, 0.1) is 11.3 Å². The van der Waals surface area contributed by atoms with Crippen LogP contribution >= 0.6 is 24.8 Å². The Kier molecular flexibility index (Phi) is 9.96. The molecule has 1 atom stereocenters. The Bertz CT molecular complexity index is 838. The summed E-state index contributed by atoms with van der Waals surface area (Å²) in [6, 6.07) is 9.53. The van der Waals surface area contributed by atoms with Gasteiger partial charge in [-0.3, -0.25) is 0 Å². The molecule has 2 aromatic rings. The van der Waals surface area contributed by atoms with Crippen LogP contribution in [0.4, 0.5) is 23.1 Å². The SMILES string of the molecule is CCCCc1cc(N2CCCC(N)C2)nc(Nc2cc(N)cc(C#N)c2)n1.Cl.Cl. The molecule has 1 saturated heterocycles. The van der Waals surface area contributed by atoms with Crippen molar-refractivity contribution >= 4 is 48.0 Å². The van der Waals surface area contributed by atoms with Gasteiger partial charge < -0.3 is 21.7 Å². The van der Waals surface area contributed by atoms with E-state index in [0.717, 1.165) is 56.7 Å². The number of aryl methyl sites for hydroxylation is 1. The van der Waals surface area contributed by atoms with Gasteiger partial charge in [-0.25, -0.2) is 4.98 Å². The van der Waals surface area contributed by atoms with Crippen LogP contribution < -0.4 is 21.7 Å². The number of nitrogen functional groups attached to an aromatic ring is 1. The average Bonchev–Trinajstić information content (AvgIpc) is 2.65. The molecule has 0 radical (unpaired) electrons. The summed E-state index contributed by atoms with van der Waals surface area (Å²) in [4.78, 5) is 11.6. The fraction of sp³-hybridized carbons (Fsp3) is 0.450. The summed E-state index contributed by atoms with van der Waals surface area (Å²) in [6.07, 6.45) is 5.21. The Hall–Kier alpha value is -2.27. The fourth-order valence-corrected chi connectivity index (χ4v) is 3.32. The monoisotopic (exact) mass is 437 g/mol. The maximum absolute atomic E-state index is 9.15. The van der Waals surface area contributed by atoms with E-state index in [1.165, 1.54) is 0 Å². The van der Waals surface area contributed by atoms with Crippen LogP contribution in [-0.4, -0.2) is 29.1 Å². The third kappa shape index (κ3) is 6.93. The lowest BCUT2D eigenvalue weighted by Gasteiger charge is -2.32. The standard InChI is InChI=1S/C20H27N7.2ClH/c1-2-3-6-17-11-19(27-7-4-5-15(22)13-27)26-20(24-17)25-18-9-14(12-21)8-16(23)10-18;;/h8-11,15H,2-7,13,22-23H2,1H3,(H,24,25,26);2*1H. The first kappa shape index (κ1) is 24.8. The van der Waals surface area contributed by atoms with E-state index in [2.05, 4.69) is 34.3 Å². The molecule has 1 aromatic carbocycles. The van der Waals surface area contributed by atoms with Crippen molar-refractivity contribution < 1.29 is 0 Å². The van der Waals surface area contributed by atoms with Crippen LogP contribution in [0.3, 0.4) is 0 Å². The number of nitrogens with zero attached hydrogens (tertiary/aromatic N) is 4. The minimum absolute atomic E-state index is 0. The smallest absolute Gasteiger partial charge is 0.229 e. The number of benzene rings is 1. The van der Waals surface area contributed by atoms with E-state index < -0.39 is 0 Å². The Morgan fingerprint density at radius 2 is 2.03 bits per heavy atom. The van der Waals surface area contributed by atoms with Crippen molar-refractivity contribution in [3.63, 3.8) is 0 Å². The molecular weight excluding hydrogens is 409 g/mol. The van der Waals surface area contributed by atoms with Gasteiger partial charge in [0, 0.05) is 42.3 Å². The van der Waals surface area contributed by atoms with Gasteiger partial charge in [0.25, 0.3) is 0 Å². The second-order valence-corrected chi connectivity index (χ2v) is 7.07. The Morgan fingerprint density at radius 3 is 2.72 bits per heavy atom. The summed E-state index contributed by atoms with van der Waals surface area (Å²) >= 11 is 0. The van der Waals surface area contributed by atoms with Gasteiger partial charge in [-0.15, -0.1) is 24.8 Å². The Morgan fingerprint density at radius 1 is 1.24 bits per heavy atom. The number of rotatable bonds is 6. The zero-order valence-electron chi connectivity index (χ0n) is 16.6. The first-order valence-corrected chi connectivity index (χ1v) is 9.53. The largest absolute Gasteiger partial charge is 0.399 e. The van der Waals surface area contributed by atoms with Gasteiger partial charge in [-0.05, 0) is 43.9 Å². The lowest BCUT2D eigenvalue weighted by molar-refractivity contribution is 0.503. The van der Waals surface area contributed by atoms with Gasteiger partial charge in [-0.1, -0.05) is 13.3 Å². The lowest BCUT2D eigenvalue weighted by atomic mass is 10.1. The van der Waals surface area contributed by atoms with Crippen molar-refractivity contribution in [3.8, 4) is 6.07 Å². The first-order valence-electron chi connectivity index (χ1n) is 9.53. The van der Waals surface area contributed by atoms with E-state index in [9.17, 15) is 0 Å². The second kappa shape index (κ2) is 11.7. The summed E-state index contributed by atoms with van der Waals surface area (Å²) in [5, 5.41) is 12.4. The Labute approximate surface area is 184 Å². The number of hydrogen-bond donors (Lipinski definition) is 3. The summed E-state index contributed by atoms with van der Waals surface area (Å²) < 4.78 is 0. The molecule has 9 heteroatoms. The van der Waals surface area contributed by atoms with E-state index in [1.807, 2.05) is 0 Å². The van der Waals surface area contributed by atoms with Gasteiger partial charge in [0.1, 0.15) is 5.82 Å². The van der Waals surface area contributed by atoms with Gasteiger partial charge in [0.2, 0.25) is 5.95 Å². The molecule has 1 aliphatic heterocycles. The summed E-state index contributed by atoms with van der Waals surface area (Å²) in [5.74, 6) is 1.42. The molecule has 0 spiro atoms. The number of anilines is 4. The summed E-state index contributed by atoms with van der Waals surface area (Å²) in [5.41, 5.74) is 14.8. The van der Waals surface area contributed by atoms with Gasteiger partial charge >= 0.3 is 0 Å². The minimum atomic E-state index is 0. The van der Waals surface area contributed by atoms with Gasteiger partial charge in [-0.2, -0.15) is 10.2 Å². The number of nitriles is 1. The maximum atomic E-state index is 9.15. The number of nitrogens with two attached hydrogens (primary N) is 2. The van der Waals surface area contributed by atoms with Crippen molar-refractivity contribution in [2.45, 2.75) is 45.1 Å². The van der Waals surface area contributed by atoms with Crippen LogP contribution in [-0.2, 0) is 6.42 Å². The first-order chi connectivity index (χ1) is 13.1. The molecule has 0 bridgehead atoms. The maximum Gasteiger partial charge on any atom is 0.229 e. The average molecular weight is 438 g/mol. The number of aromatic nitrogens is 2. The van der Waals surface area contributed by atoms with Crippen molar-refractivity contribution in [2.75, 3.05) is 29.0 Å². The zero-order chi connectivity index (χ0) is 19.2. The number of hydrogen-bond acceptors (Lipinski definition) is 7. The molecule has 0 saturated carbocycles. The molecule has 158 valence electrons. The molecule has 29 heavy (non-hydrogen) atoms. The molecular formula is C20H29Cl2N7. The predicted molar refractivity (Wildman–Crippen MR) is 123 cm³/mol. The predicted octanol–water partition coefficient (Wildman–Crippen LogP) is 3.79. The molecule has 1 aromatic heterocycles. The molecule has 0 amide bonds. The molecule has 0 aliphatic carbocycles. The quantitative estimate of drug-likeness (QED) is 0.588. The molecule has 7 nitrogen and oxygen atoms in total. The normalized spacial score (nSPS) is 15.6. The summed E-state index contributed by atoms with van der Waals surface area (Å²) in [7, 11) is 0. The highest BCUT2D eigenvalue weighted by molar-refractivity contribution is 5.85. The van der Waals surface area contributed by atoms with Crippen molar-refractivity contribution in [3.05, 3.63) is 35.5 Å². The highest BCUT2D eigenvalue weighted by Crippen LogP contribution is 2.24. The molecule has 1 fully saturated rings. The van der Waals surface area contributed by atoms with Crippen molar-refractivity contribution in [2.24, 2.45) is 5.73 Å². The number of halogens is 2. The van der Waals surface area contributed by atoms with Crippen LogP contribution in [0.15, 0.2) is 24.3 Å². The van der Waals surface area contributed by atoms with E-state index >= 15 is 0 Å². The summed E-state index contributed by atoms with van der Waals surface area (Å²) in [6.45, 7) is 3.93. The molecule has 5 N–H and O–H groups in total. The van der Waals surface area contributed by atoms with Gasteiger partial charge in [0.05, 0.1) is 11.6 Å². The van der Waals surface area contributed by atoms with E-state index in [1.54, 1.807) is 18.2 Å². The molecule has 1 unspecified atom stereocenters. The van der Waals surface area contributed by atoms with Crippen molar-refractivity contribution in [1.29, 1.82) is 5.26 Å². The number of nitrogens with one attached hydrogen (secondary N) is 1. The molecule has 1 aliphatic rings. The second-order valence-electron chi connectivity index (χ2n) is 7.07. The lowest BCUT2D eigenvalue weighted by Crippen LogP contribution is -2.43. The van der Waals surface area contributed by atoms with E-state index in [4.69, 9.17) is 21.7 Å². The minimum Gasteiger partial charge on any atom is -0.399 e. The molecule has 3 rings (SSSR count). The number of piperidine rings is 1. The topological polar surface area (TPSA) is 117 Å². The van der Waals surface area contributed by atoms with Crippen LogP contribution in [0.5, 0.6) is 0 Å². The van der Waals surface area contributed by atoms with E-state index in [-0.39, 0.29) is 30.9 Å². The molecule has 2 heterocycles. The van der Waals surface area contributed by atoms with Crippen LogP contribution in [0.1, 0.15) is 43.9 Å². The van der Waals surface area contributed by atoms with E-state index in [0.29, 0.717) is 22.9 Å².